The van der Waals surface area contributed by atoms with Crippen molar-refractivity contribution in [2.75, 3.05) is 19.8 Å². The molecule has 0 aliphatic heterocycles. The van der Waals surface area contributed by atoms with Crippen molar-refractivity contribution in [1.82, 2.24) is 0 Å². The zero-order valence-electron chi connectivity index (χ0n) is 20.2. The van der Waals surface area contributed by atoms with Crippen LogP contribution in [0.2, 0.25) is 0 Å². The molecule has 36 heavy (non-hydrogen) atoms. The highest BCUT2D eigenvalue weighted by molar-refractivity contribution is 7.48. The lowest BCUT2D eigenvalue weighted by atomic mass is 10.2. The number of phosphoric acid groups is 1. The lowest BCUT2D eigenvalue weighted by molar-refractivity contribution is -0.138. The molecular formula is C24H28F3O8P. The maximum Gasteiger partial charge on any atom is 0.529 e. The molecule has 0 heterocycles. The van der Waals surface area contributed by atoms with Gasteiger partial charge in [-0.2, -0.15) is 13.2 Å². The van der Waals surface area contributed by atoms with Gasteiger partial charge in [-0.05, 0) is 76.2 Å². The summed E-state index contributed by atoms with van der Waals surface area (Å²) in [5.74, 6) is 0.0426. The molecule has 0 fully saturated rings. The van der Waals surface area contributed by atoms with Crippen LogP contribution in [0.1, 0.15) is 33.3 Å². The predicted octanol–water partition coefficient (Wildman–Crippen LogP) is 6.91. The van der Waals surface area contributed by atoms with Crippen molar-refractivity contribution in [3.63, 3.8) is 0 Å². The third kappa shape index (κ3) is 9.22. The van der Waals surface area contributed by atoms with Gasteiger partial charge in [0.15, 0.2) is 11.9 Å². The van der Waals surface area contributed by atoms with E-state index in [0.29, 0.717) is 11.5 Å². The number of phosphoric ester groups is 1. The van der Waals surface area contributed by atoms with Crippen LogP contribution in [0.4, 0.5) is 13.2 Å². The number of esters is 1. The van der Waals surface area contributed by atoms with Gasteiger partial charge in [0.05, 0.1) is 31.5 Å². The number of hydrogen-bond donors (Lipinski definition) is 0. The zero-order valence-corrected chi connectivity index (χ0v) is 21.1. The molecule has 198 valence electrons. The first-order chi connectivity index (χ1) is 17.0. The smallest absolute Gasteiger partial charge is 0.483 e. The Morgan fingerprint density at radius 3 is 1.86 bits per heavy atom. The number of carbonyl (C=O) groups excluding carboxylic acids is 1. The van der Waals surface area contributed by atoms with Crippen molar-refractivity contribution in [2.24, 2.45) is 0 Å². The van der Waals surface area contributed by atoms with Crippen molar-refractivity contribution in [3.05, 3.63) is 65.9 Å². The second-order valence-corrected chi connectivity index (χ2v) is 8.62. The molecule has 0 radical (unpaired) electrons. The Morgan fingerprint density at radius 2 is 1.39 bits per heavy atom. The van der Waals surface area contributed by atoms with E-state index >= 15 is 0 Å². The summed E-state index contributed by atoms with van der Waals surface area (Å²) in [7, 11) is -4.02. The van der Waals surface area contributed by atoms with E-state index in [1.165, 1.54) is 12.1 Å². The number of alkyl halides is 3. The van der Waals surface area contributed by atoms with Gasteiger partial charge in [0.25, 0.3) is 0 Å². The number of ether oxygens (including phenoxy) is 3. The van der Waals surface area contributed by atoms with E-state index in [1.54, 1.807) is 52.0 Å². The fraction of sp³-hybridized carbons (Fsp3) is 0.375. The van der Waals surface area contributed by atoms with Crippen LogP contribution < -0.4 is 9.47 Å². The first-order valence-electron chi connectivity index (χ1n) is 11.1. The van der Waals surface area contributed by atoms with Crippen LogP contribution in [-0.4, -0.2) is 31.9 Å². The zero-order chi connectivity index (χ0) is 26.8. The second-order valence-electron chi connectivity index (χ2n) is 7.03. The molecule has 1 atom stereocenters. The highest BCUT2D eigenvalue weighted by Crippen LogP contribution is 2.51. The Labute approximate surface area is 207 Å². The molecule has 0 spiro atoms. The van der Waals surface area contributed by atoms with Gasteiger partial charge >= 0.3 is 20.0 Å². The first-order valence-corrected chi connectivity index (χ1v) is 12.5. The molecule has 2 aromatic rings. The van der Waals surface area contributed by atoms with Crippen LogP contribution in [0.15, 0.2) is 60.4 Å². The monoisotopic (exact) mass is 532 g/mol. The van der Waals surface area contributed by atoms with Crippen LogP contribution in [0, 0.1) is 0 Å². The van der Waals surface area contributed by atoms with E-state index in [2.05, 4.69) is 0 Å². The standard InChI is InChI=1S/C24H28F3O8P/c1-5-30-23(28)16-22(35-36(29,31-6-2)32-7-3)17(4)33-19-12-14-21(15-13-19)34-20-10-8-18(9-11-20)24(25,26)27/h8-17H,5-7H2,1-4H3. The quantitative estimate of drug-likeness (QED) is 0.119. The molecule has 1 unspecified atom stereocenters. The normalized spacial score (nSPS) is 13.1. The summed E-state index contributed by atoms with van der Waals surface area (Å²) in [6.07, 6.45) is -4.34. The molecule has 0 aliphatic rings. The fourth-order valence-electron chi connectivity index (χ4n) is 2.75. The maximum absolute atomic E-state index is 12.8. The lowest BCUT2D eigenvalue weighted by Crippen LogP contribution is -2.19. The summed E-state index contributed by atoms with van der Waals surface area (Å²) in [5, 5.41) is 0. The number of halogens is 3. The van der Waals surface area contributed by atoms with Crippen molar-refractivity contribution in [2.45, 2.75) is 40.0 Å². The third-order valence-corrected chi connectivity index (χ3v) is 5.88. The van der Waals surface area contributed by atoms with Gasteiger partial charge in [0.2, 0.25) is 0 Å². The molecule has 0 saturated heterocycles. The summed E-state index contributed by atoms with van der Waals surface area (Å²) in [4.78, 5) is 12.0. The molecule has 8 nitrogen and oxygen atoms in total. The largest absolute Gasteiger partial charge is 0.529 e. The molecule has 2 aromatic carbocycles. The van der Waals surface area contributed by atoms with Crippen molar-refractivity contribution >= 4 is 13.8 Å². The van der Waals surface area contributed by atoms with Crippen LogP contribution in [0.25, 0.3) is 0 Å². The molecule has 0 saturated carbocycles. The Balaban J connectivity index is 2.14. The van der Waals surface area contributed by atoms with Gasteiger partial charge < -0.3 is 18.7 Å². The highest BCUT2D eigenvalue weighted by atomic mass is 31.2. The summed E-state index contributed by atoms with van der Waals surface area (Å²) in [6, 6.07) is 10.5. The van der Waals surface area contributed by atoms with Gasteiger partial charge in [-0.1, -0.05) is 0 Å². The van der Waals surface area contributed by atoms with Crippen LogP contribution in [0.5, 0.6) is 17.2 Å². The lowest BCUT2D eigenvalue weighted by Gasteiger charge is -2.23. The predicted molar refractivity (Wildman–Crippen MR) is 125 cm³/mol. The van der Waals surface area contributed by atoms with E-state index in [9.17, 15) is 22.5 Å². The number of rotatable bonds is 13. The Kier molecular flexibility index (Phi) is 10.8. The van der Waals surface area contributed by atoms with Crippen molar-refractivity contribution < 1.29 is 50.3 Å². The number of hydrogen-bond acceptors (Lipinski definition) is 8. The van der Waals surface area contributed by atoms with Crippen molar-refractivity contribution in [3.8, 4) is 17.2 Å². The molecule has 12 heteroatoms. The van der Waals surface area contributed by atoms with E-state index in [0.717, 1.165) is 18.2 Å². The van der Waals surface area contributed by atoms with E-state index in [1.807, 2.05) is 0 Å². The molecule has 0 aliphatic carbocycles. The van der Waals surface area contributed by atoms with E-state index in [4.69, 9.17) is 27.8 Å². The average Bonchev–Trinajstić information content (AvgIpc) is 2.80. The molecular weight excluding hydrogens is 504 g/mol. The minimum atomic E-state index is -4.43. The summed E-state index contributed by atoms with van der Waals surface area (Å²) in [6.45, 7) is 6.60. The third-order valence-electron chi connectivity index (χ3n) is 4.29. The fourth-order valence-corrected chi connectivity index (χ4v) is 4.02. The summed E-state index contributed by atoms with van der Waals surface area (Å²) in [5.41, 5.74) is -0.778. The van der Waals surface area contributed by atoms with E-state index < -0.39 is 31.6 Å². The maximum atomic E-state index is 12.8. The van der Waals surface area contributed by atoms with Crippen LogP contribution in [0.3, 0.4) is 0 Å². The van der Waals surface area contributed by atoms with Crippen LogP contribution in [-0.2, 0) is 33.8 Å². The molecule has 0 bridgehead atoms. The first kappa shape index (κ1) is 29.2. The molecule has 0 aromatic heterocycles. The van der Waals surface area contributed by atoms with E-state index in [-0.39, 0.29) is 31.3 Å². The van der Waals surface area contributed by atoms with Gasteiger partial charge in [-0.3, -0.25) is 9.05 Å². The van der Waals surface area contributed by atoms with Crippen LogP contribution >= 0.6 is 7.82 Å². The van der Waals surface area contributed by atoms with Gasteiger partial charge in [0.1, 0.15) is 17.2 Å². The number of benzene rings is 2. The second kappa shape index (κ2) is 13.3. The SMILES string of the molecule is CCOC(=O)C=C(OP(=O)(OCC)OCC)C(C)Oc1ccc(Oc2ccc(C(F)(F)F)cc2)cc1. The Hall–Kier alpha value is -3.01. The van der Waals surface area contributed by atoms with Gasteiger partial charge in [0, 0.05) is 0 Å². The Morgan fingerprint density at radius 1 is 0.889 bits per heavy atom. The molecule has 2 rings (SSSR count). The van der Waals surface area contributed by atoms with Crippen molar-refractivity contribution in [1.29, 1.82) is 0 Å². The highest BCUT2D eigenvalue weighted by Gasteiger charge is 2.32. The number of carbonyl (C=O) groups is 1. The van der Waals surface area contributed by atoms with Gasteiger partial charge in [-0.25, -0.2) is 9.36 Å². The van der Waals surface area contributed by atoms with Gasteiger partial charge in [-0.15, -0.1) is 0 Å². The summed E-state index contributed by atoms with van der Waals surface area (Å²) < 4.78 is 82.9. The molecule has 0 amide bonds. The minimum Gasteiger partial charge on any atom is -0.483 e. The Bertz CT molecular complexity index is 1040. The average molecular weight is 532 g/mol. The minimum absolute atomic E-state index is 0.0413. The summed E-state index contributed by atoms with van der Waals surface area (Å²) >= 11 is 0. The molecule has 0 N–H and O–H groups in total. The topological polar surface area (TPSA) is 89.5 Å².